The Morgan fingerprint density at radius 2 is 2.13 bits per heavy atom. The van der Waals surface area contributed by atoms with Crippen LogP contribution in [0.2, 0.25) is 0 Å². The molecule has 1 aromatic rings. The molecule has 1 aromatic carbocycles. The van der Waals surface area contributed by atoms with Crippen molar-refractivity contribution in [2.45, 2.75) is 6.42 Å². The first-order valence-electron chi connectivity index (χ1n) is 5.46. The zero-order chi connectivity index (χ0) is 10.7. The van der Waals surface area contributed by atoms with Crippen LogP contribution in [0.4, 0.5) is 5.69 Å². The van der Waals surface area contributed by atoms with Crippen molar-refractivity contribution in [3.63, 3.8) is 0 Å². The maximum absolute atomic E-state index is 9.19. The number of hydrogen-bond acceptors (Lipinski definition) is 3. The minimum absolute atomic E-state index is 0.328. The normalized spacial score (nSPS) is 20.5. The molecular weight excluding hydrogens is 188 g/mol. The van der Waals surface area contributed by atoms with Gasteiger partial charge in [-0.2, -0.15) is 0 Å². The molecule has 0 saturated carbocycles. The van der Waals surface area contributed by atoms with Crippen LogP contribution in [0.3, 0.4) is 0 Å². The van der Waals surface area contributed by atoms with E-state index in [4.69, 9.17) is 0 Å². The minimum atomic E-state index is 0.328. The lowest BCUT2D eigenvalue weighted by atomic mass is 10.1. The lowest BCUT2D eigenvalue weighted by Crippen LogP contribution is -2.26. The molecular formula is C12H18N2O. The van der Waals surface area contributed by atoms with E-state index in [1.54, 1.807) is 12.1 Å². The summed E-state index contributed by atoms with van der Waals surface area (Å²) < 4.78 is 0. The lowest BCUT2D eigenvalue weighted by Gasteiger charge is -2.22. The van der Waals surface area contributed by atoms with Crippen molar-refractivity contribution in [1.29, 1.82) is 0 Å². The Morgan fingerprint density at radius 3 is 2.73 bits per heavy atom. The van der Waals surface area contributed by atoms with Gasteiger partial charge in [0.2, 0.25) is 0 Å². The van der Waals surface area contributed by atoms with Crippen molar-refractivity contribution >= 4 is 5.69 Å². The Hall–Kier alpha value is -1.22. The Morgan fingerprint density at radius 1 is 1.40 bits per heavy atom. The molecule has 0 aromatic heterocycles. The van der Waals surface area contributed by atoms with Crippen molar-refractivity contribution in [2.24, 2.45) is 5.92 Å². The van der Waals surface area contributed by atoms with Gasteiger partial charge in [0.15, 0.2) is 0 Å². The Balaban J connectivity index is 1.94. The number of nitrogens with one attached hydrogen (secondary N) is 1. The summed E-state index contributed by atoms with van der Waals surface area (Å²) in [7, 11) is 2.10. The maximum atomic E-state index is 9.19. The van der Waals surface area contributed by atoms with Gasteiger partial charge in [-0.15, -0.1) is 0 Å². The largest absolute Gasteiger partial charge is 0.508 e. The molecule has 3 nitrogen and oxygen atoms in total. The standard InChI is InChI=1S/C12H18N2O/c1-14(9-10-6-7-13-8-10)11-2-4-12(15)5-3-11/h2-5,10,13,15H,6-9H2,1H3. The number of benzene rings is 1. The second-order valence-electron chi connectivity index (χ2n) is 4.26. The fourth-order valence-corrected chi connectivity index (χ4v) is 2.07. The highest BCUT2D eigenvalue weighted by molar-refractivity contribution is 5.48. The summed E-state index contributed by atoms with van der Waals surface area (Å²) in [5, 5.41) is 12.6. The van der Waals surface area contributed by atoms with Gasteiger partial charge >= 0.3 is 0 Å². The van der Waals surface area contributed by atoms with E-state index in [-0.39, 0.29) is 0 Å². The summed E-state index contributed by atoms with van der Waals surface area (Å²) >= 11 is 0. The number of nitrogens with zero attached hydrogens (tertiary/aromatic N) is 1. The number of aromatic hydroxyl groups is 1. The van der Waals surface area contributed by atoms with Gasteiger partial charge in [0, 0.05) is 19.3 Å². The molecule has 3 heteroatoms. The molecule has 1 fully saturated rings. The van der Waals surface area contributed by atoms with E-state index in [0.29, 0.717) is 5.75 Å². The predicted molar refractivity (Wildman–Crippen MR) is 62.4 cm³/mol. The molecule has 82 valence electrons. The summed E-state index contributed by atoms with van der Waals surface area (Å²) in [5.41, 5.74) is 1.17. The summed E-state index contributed by atoms with van der Waals surface area (Å²) in [4.78, 5) is 2.25. The molecule has 0 radical (unpaired) electrons. The third kappa shape index (κ3) is 2.63. The zero-order valence-electron chi connectivity index (χ0n) is 9.11. The fraction of sp³-hybridized carbons (Fsp3) is 0.500. The molecule has 1 aliphatic rings. The van der Waals surface area contributed by atoms with Gasteiger partial charge in [-0.1, -0.05) is 0 Å². The van der Waals surface area contributed by atoms with E-state index >= 15 is 0 Å². The van der Waals surface area contributed by atoms with Crippen molar-refractivity contribution < 1.29 is 5.11 Å². The van der Waals surface area contributed by atoms with Gasteiger partial charge in [0.25, 0.3) is 0 Å². The predicted octanol–water partition coefficient (Wildman–Crippen LogP) is 1.44. The third-order valence-electron chi connectivity index (χ3n) is 2.98. The molecule has 15 heavy (non-hydrogen) atoms. The monoisotopic (exact) mass is 206 g/mol. The zero-order valence-corrected chi connectivity index (χ0v) is 9.11. The summed E-state index contributed by atoms with van der Waals surface area (Å²) in [5.74, 6) is 1.08. The van der Waals surface area contributed by atoms with E-state index in [0.717, 1.165) is 25.6 Å². The second-order valence-corrected chi connectivity index (χ2v) is 4.26. The fourth-order valence-electron chi connectivity index (χ4n) is 2.07. The van der Waals surface area contributed by atoms with E-state index in [9.17, 15) is 5.11 Å². The van der Waals surface area contributed by atoms with E-state index in [1.807, 2.05) is 12.1 Å². The minimum Gasteiger partial charge on any atom is -0.508 e. The first-order valence-corrected chi connectivity index (χ1v) is 5.46. The van der Waals surface area contributed by atoms with Gasteiger partial charge in [-0.05, 0) is 49.7 Å². The van der Waals surface area contributed by atoms with Crippen LogP contribution in [0.25, 0.3) is 0 Å². The number of anilines is 1. The van der Waals surface area contributed by atoms with Gasteiger partial charge in [-0.3, -0.25) is 0 Å². The van der Waals surface area contributed by atoms with Gasteiger partial charge in [0.1, 0.15) is 5.75 Å². The highest BCUT2D eigenvalue weighted by atomic mass is 16.3. The van der Waals surface area contributed by atoms with Crippen molar-refractivity contribution in [3.8, 4) is 5.75 Å². The third-order valence-corrected chi connectivity index (χ3v) is 2.98. The van der Waals surface area contributed by atoms with Crippen molar-refractivity contribution in [1.82, 2.24) is 5.32 Å². The highest BCUT2D eigenvalue weighted by Crippen LogP contribution is 2.19. The molecule has 1 aliphatic heterocycles. The Bertz CT molecular complexity index is 304. The molecule has 1 saturated heterocycles. The number of hydrogen-bond donors (Lipinski definition) is 2. The smallest absolute Gasteiger partial charge is 0.115 e. The van der Waals surface area contributed by atoms with Crippen LogP contribution in [0.5, 0.6) is 5.75 Å². The quantitative estimate of drug-likeness (QED) is 0.785. The SMILES string of the molecule is CN(CC1CCNC1)c1ccc(O)cc1. The van der Waals surface area contributed by atoms with Gasteiger partial charge in [0.05, 0.1) is 0 Å². The summed E-state index contributed by atoms with van der Waals surface area (Å²) in [6.45, 7) is 3.36. The molecule has 2 N–H and O–H groups in total. The Labute approximate surface area is 90.7 Å². The molecule has 1 heterocycles. The molecule has 1 unspecified atom stereocenters. The highest BCUT2D eigenvalue weighted by Gasteiger charge is 2.16. The van der Waals surface area contributed by atoms with Crippen LogP contribution < -0.4 is 10.2 Å². The molecule has 0 aliphatic carbocycles. The lowest BCUT2D eigenvalue weighted by molar-refractivity contribution is 0.475. The van der Waals surface area contributed by atoms with Crippen LogP contribution in [0.15, 0.2) is 24.3 Å². The summed E-state index contributed by atoms with van der Waals surface area (Å²) in [6.07, 6.45) is 1.27. The first-order chi connectivity index (χ1) is 7.25. The Kier molecular flexibility index (Phi) is 3.11. The molecule has 0 amide bonds. The van der Waals surface area contributed by atoms with Crippen LogP contribution in [-0.2, 0) is 0 Å². The van der Waals surface area contributed by atoms with Crippen LogP contribution in [-0.4, -0.2) is 31.8 Å². The number of rotatable bonds is 3. The molecule has 0 bridgehead atoms. The molecule has 2 rings (SSSR count). The van der Waals surface area contributed by atoms with Crippen LogP contribution in [0.1, 0.15) is 6.42 Å². The average Bonchev–Trinajstić information content (AvgIpc) is 2.71. The number of phenolic OH excluding ortho intramolecular Hbond substituents is 1. The van der Waals surface area contributed by atoms with E-state index < -0.39 is 0 Å². The first kappa shape index (κ1) is 10.3. The average molecular weight is 206 g/mol. The van der Waals surface area contributed by atoms with Crippen molar-refractivity contribution in [3.05, 3.63) is 24.3 Å². The van der Waals surface area contributed by atoms with Crippen LogP contribution in [0, 0.1) is 5.92 Å². The number of phenols is 1. The van der Waals surface area contributed by atoms with Gasteiger partial charge in [-0.25, -0.2) is 0 Å². The maximum Gasteiger partial charge on any atom is 0.115 e. The summed E-state index contributed by atoms with van der Waals surface area (Å²) in [6, 6.07) is 7.38. The molecule has 1 atom stereocenters. The topological polar surface area (TPSA) is 35.5 Å². The molecule has 0 spiro atoms. The van der Waals surface area contributed by atoms with E-state index in [1.165, 1.54) is 12.1 Å². The second kappa shape index (κ2) is 4.53. The van der Waals surface area contributed by atoms with Crippen molar-refractivity contribution in [2.75, 3.05) is 31.6 Å². The van der Waals surface area contributed by atoms with Gasteiger partial charge < -0.3 is 15.3 Å². The van der Waals surface area contributed by atoms with Crippen LogP contribution >= 0.6 is 0 Å². The van der Waals surface area contributed by atoms with E-state index in [2.05, 4.69) is 17.3 Å².